The van der Waals surface area contributed by atoms with Crippen molar-refractivity contribution in [3.63, 3.8) is 0 Å². The van der Waals surface area contributed by atoms with Crippen LogP contribution in [-0.4, -0.2) is 16.6 Å². The highest BCUT2D eigenvalue weighted by molar-refractivity contribution is 7.71. The van der Waals surface area contributed by atoms with Crippen LogP contribution in [0, 0.1) is 4.64 Å². The Labute approximate surface area is 115 Å². The number of aromatic amines is 1. The lowest BCUT2D eigenvalue weighted by Gasteiger charge is -2.30. The van der Waals surface area contributed by atoms with Crippen molar-refractivity contribution in [2.75, 3.05) is 6.61 Å². The lowest BCUT2D eigenvalue weighted by Crippen LogP contribution is -2.31. The Morgan fingerprint density at radius 3 is 2.44 bits per heavy atom. The van der Waals surface area contributed by atoms with E-state index in [0.717, 1.165) is 37.2 Å². The molecular weight excluding hydrogens is 244 g/mol. The minimum atomic E-state index is -0.327. The normalized spacial score (nSPS) is 11.8. The number of aromatic nitrogens is 2. The molecule has 0 aliphatic rings. The predicted molar refractivity (Wildman–Crippen MR) is 77.3 cm³/mol. The third kappa shape index (κ3) is 3.39. The number of hydrogen-bond acceptors (Lipinski definition) is 3. The smallest absolute Gasteiger partial charge is 0.140 e. The third-order valence-electron chi connectivity index (χ3n) is 3.31. The van der Waals surface area contributed by atoms with E-state index in [9.17, 15) is 0 Å². The Bertz CT molecular complexity index is 424. The molecule has 1 rings (SSSR count). The van der Waals surface area contributed by atoms with Crippen LogP contribution < -0.4 is 0 Å². The molecule has 1 aromatic rings. The molecule has 1 N–H and O–H groups in total. The molecule has 0 amide bonds. The van der Waals surface area contributed by atoms with Crippen LogP contribution in [0.4, 0.5) is 0 Å². The summed E-state index contributed by atoms with van der Waals surface area (Å²) < 4.78 is 6.61. The molecule has 0 fully saturated rings. The molecule has 102 valence electrons. The molecule has 0 unspecified atom stereocenters. The van der Waals surface area contributed by atoms with E-state index in [4.69, 9.17) is 17.0 Å². The first-order valence-electron chi connectivity index (χ1n) is 6.86. The summed E-state index contributed by atoms with van der Waals surface area (Å²) in [4.78, 5) is 7.89. The fourth-order valence-corrected chi connectivity index (χ4v) is 2.49. The van der Waals surface area contributed by atoms with Crippen LogP contribution in [-0.2, 0) is 16.8 Å². The number of hydrogen-bond donors (Lipinski definition) is 1. The van der Waals surface area contributed by atoms with Gasteiger partial charge in [-0.1, -0.05) is 39.4 Å². The standard InChI is InChI=1S/C14H24N2OS/c1-5-9-11-10-12(18)16-13(15-11)14(6-2,7-3)17-8-4/h10H,5-9H2,1-4H3,(H,15,16,18). The first-order chi connectivity index (χ1) is 8.61. The van der Waals surface area contributed by atoms with E-state index in [2.05, 4.69) is 30.7 Å². The van der Waals surface area contributed by atoms with Gasteiger partial charge in [0, 0.05) is 12.3 Å². The van der Waals surface area contributed by atoms with Gasteiger partial charge < -0.3 is 9.72 Å². The molecule has 0 saturated heterocycles. The topological polar surface area (TPSA) is 37.9 Å². The average molecular weight is 268 g/mol. The van der Waals surface area contributed by atoms with Crippen LogP contribution >= 0.6 is 12.2 Å². The number of H-pyrrole nitrogens is 1. The van der Waals surface area contributed by atoms with Crippen LogP contribution in [0.3, 0.4) is 0 Å². The van der Waals surface area contributed by atoms with E-state index in [-0.39, 0.29) is 5.60 Å². The number of nitrogens with one attached hydrogen (secondary N) is 1. The second-order valence-electron chi connectivity index (χ2n) is 4.48. The van der Waals surface area contributed by atoms with Crippen LogP contribution in [0.15, 0.2) is 6.07 Å². The van der Waals surface area contributed by atoms with E-state index in [1.807, 2.05) is 13.0 Å². The minimum Gasteiger partial charge on any atom is -0.367 e. The average Bonchev–Trinajstić information content (AvgIpc) is 2.36. The van der Waals surface area contributed by atoms with E-state index < -0.39 is 0 Å². The maximum absolute atomic E-state index is 5.96. The molecule has 0 atom stereocenters. The zero-order chi connectivity index (χ0) is 13.6. The molecule has 1 heterocycles. The Kier molecular flexibility index (Phi) is 5.96. The van der Waals surface area contributed by atoms with Gasteiger partial charge in [0.25, 0.3) is 0 Å². The van der Waals surface area contributed by atoms with Gasteiger partial charge in [0.2, 0.25) is 0 Å². The van der Waals surface area contributed by atoms with Gasteiger partial charge >= 0.3 is 0 Å². The largest absolute Gasteiger partial charge is 0.367 e. The predicted octanol–water partition coefficient (Wildman–Crippen LogP) is 4.14. The Balaban J connectivity index is 3.23. The zero-order valence-corrected chi connectivity index (χ0v) is 12.7. The van der Waals surface area contributed by atoms with Crippen molar-refractivity contribution in [2.24, 2.45) is 0 Å². The number of aryl methyl sites for hydroxylation is 1. The van der Waals surface area contributed by atoms with Gasteiger partial charge in [0.1, 0.15) is 16.1 Å². The fourth-order valence-electron chi connectivity index (χ4n) is 2.26. The maximum atomic E-state index is 5.96. The van der Waals surface area contributed by atoms with Gasteiger partial charge in [-0.25, -0.2) is 4.98 Å². The van der Waals surface area contributed by atoms with E-state index in [1.54, 1.807) is 0 Å². The van der Waals surface area contributed by atoms with Crippen LogP contribution in [0.5, 0.6) is 0 Å². The SMILES string of the molecule is CCCc1cc(=S)nc(C(CC)(CC)OCC)[nH]1. The molecular formula is C14H24N2OS. The Hall–Kier alpha value is -0.740. The van der Waals surface area contributed by atoms with Gasteiger partial charge in [-0.2, -0.15) is 0 Å². The highest BCUT2D eigenvalue weighted by Crippen LogP contribution is 2.30. The fraction of sp³-hybridized carbons (Fsp3) is 0.714. The van der Waals surface area contributed by atoms with E-state index in [0.29, 0.717) is 11.2 Å². The maximum Gasteiger partial charge on any atom is 0.140 e. The highest BCUT2D eigenvalue weighted by Gasteiger charge is 2.31. The van der Waals surface area contributed by atoms with Crippen molar-refractivity contribution < 1.29 is 4.74 Å². The van der Waals surface area contributed by atoms with E-state index in [1.165, 1.54) is 0 Å². The second-order valence-corrected chi connectivity index (χ2v) is 4.90. The van der Waals surface area contributed by atoms with Crippen LogP contribution in [0.2, 0.25) is 0 Å². The lowest BCUT2D eigenvalue weighted by molar-refractivity contribution is -0.0573. The molecule has 18 heavy (non-hydrogen) atoms. The van der Waals surface area contributed by atoms with Crippen molar-refractivity contribution in [2.45, 2.75) is 59.0 Å². The Morgan fingerprint density at radius 2 is 1.94 bits per heavy atom. The molecule has 4 heteroatoms. The van der Waals surface area contributed by atoms with Crippen molar-refractivity contribution in [3.05, 3.63) is 22.2 Å². The quantitative estimate of drug-likeness (QED) is 0.755. The summed E-state index contributed by atoms with van der Waals surface area (Å²) >= 11 is 5.26. The van der Waals surface area contributed by atoms with Crippen molar-refractivity contribution >= 4 is 12.2 Å². The monoisotopic (exact) mass is 268 g/mol. The first-order valence-corrected chi connectivity index (χ1v) is 7.27. The van der Waals surface area contributed by atoms with Crippen molar-refractivity contribution in [1.82, 2.24) is 9.97 Å². The molecule has 0 spiro atoms. The van der Waals surface area contributed by atoms with Gasteiger partial charge in [-0.3, -0.25) is 0 Å². The van der Waals surface area contributed by atoms with E-state index >= 15 is 0 Å². The summed E-state index contributed by atoms with van der Waals surface area (Å²) in [6.07, 6.45) is 3.87. The lowest BCUT2D eigenvalue weighted by atomic mass is 9.95. The zero-order valence-electron chi connectivity index (χ0n) is 11.9. The molecule has 0 aromatic carbocycles. The third-order valence-corrected chi connectivity index (χ3v) is 3.52. The van der Waals surface area contributed by atoms with Gasteiger partial charge in [-0.15, -0.1) is 0 Å². The van der Waals surface area contributed by atoms with Gasteiger partial charge in [0.05, 0.1) is 0 Å². The second kappa shape index (κ2) is 7.00. The molecule has 0 aliphatic carbocycles. The van der Waals surface area contributed by atoms with Gasteiger partial charge in [0.15, 0.2) is 0 Å². The Morgan fingerprint density at radius 1 is 1.28 bits per heavy atom. The first kappa shape index (κ1) is 15.3. The summed E-state index contributed by atoms with van der Waals surface area (Å²) in [6, 6.07) is 1.95. The molecule has 0 radical (unpaired) electrons. The number of ether oxygens (including phenoxy) is 1. The molecule has 0 saturated carbocycles. The summed E-state index contributed by atoms with van der Waals surface area (Å²) in [5.74, 6) is 0.880. The van der Waals surface area contributed by atoms with Gasteiger partial charge in [-0.05, 0) is 32.3 Å². The van der Waals surface area contributed by atoms with Crippen LogP contribution in [0.1, 0.15) is 58.5 Å². The molecule has 0 bridgehead atoms. The summed E-state index contributed by atoms with van der Waals surface area (Å²) in [7, 11) is 0. The van der Waals surface area contributed by atoms with Crippen molar-refractivity contribution in [3.8, 4) is 0 Å². The summed E-state index contributed by atoms with van der Waals surface area (Å²) in [6.45, 7) is 9.12. The minimum absolute atomic E-state index is 0.327. The molecule has 0 aliphatic heterocycles. The van der Waals surface area contributed by atoms with Crippen LogP contribution in [0.25, 0.3) is 0 Å². The summed E-state index contributed by atoms with van der Waals surface area (Å²) in [5, 5.41) is 0. The number of rotatable bonds is 7. The number of nitrogens with zero attached hydrogens (tertiary/aromatic N) is 1. The highest BCUT2D eigenvalue weighted by atomic mass is 32.1. The molecule has 1 aromatic heterocycles. The summed E-state index contributed by atoms with van der Waals surface area (Å²) in [5.41, 5.74) is 0.824. The molecule has 3 nitrogen and oxygen atoms in total. The van der Waals surface area contributed by atoms with Crippen molar-refractivity contribution in [1.29, 1.82) is 0 Å².